The Morgan fingerprint density at radius 3 is 2.44 bits per heavy atom. The smallest absolute Gasteiger partial charge is 0.337 e. The highest BCUT2D eigenvalue weighted by Crippen LogP contribution is 2.39. The van der Waals surface area contributed by atoms with Crippen LogP contribution in [-0.4, -0.2) is 16.2 Å². The predicted octanol–water partition coefficient (Wildman–Crippen LogP) is 4.74. The molecule has 0 aliphatic carbocycles. The van der Waals surface area contributed by atoms with Crippen molar-refractivity contribution in [3.8, 4) is 16.9 Å². The van der Waals surface area contributed by atoms with Gasteiger partial charge >= 0.3 is 5.97 Å². The SMILES string of the molecule is Nc1cc(-c2c(Cl)cccc2Nc2ccccc2C(=O)O)ccc1O. The Bertz CT molecular complexity index is 957. The topological polar surface area (TPSA) is 95.6 Å². The lowest BCUT2D eigenvalue weighted by molar-refractivity contribution is 0.0698. The molecule has 5 N–H and O–H groups in total. The number of rotatable bonds is 4. The van der Waals surface area contributed by atoms with Crippen LogP contribution in [0.4, 0.5) is 17.1 Å². The maximum atomic E-state index is 11.4. The number of hydrogen-bond donors (Lipinski definition) is 4. The van der Waals surface area contributed by atoms with Crippen molar-refractivity contribution < 1.29 is 15.0 Å². The van der Waals surface area contributed by atoms with Gasteiger partial charge in [-0.3, -0.25) is 0 Å². The average Bonchev–Trinajstić information content (AvgIpc) is 2.58. The molecule has 6 heteroatoms. The highest BCUT2D eigenvalue weighted by Gasteiger charge is 2.14. The molecule has 0 saturated heterocycles. The van der Waals surface area contributed by atoms with E-state index in [9.17, 15) is 15.0 Å². The second-order valence-corrected chi connectivity index (χ2v) is 5.82. The number of para-hydroxylation sites is 1. The largest absolute Gasteiger partial charge is 0.506 e. The predicted molar refractivity (Wildman–Crippen MR) is 99.6 cm³/mol. The second kappa shape index (κ2) is 6.75. The summed E-state index contributed by atoms with van der Waals surface area (Å²) in [4.78, 5) is 11.4. The van der Waals surface area contributed by atoms with Crippen molar-refractivity contribution in [2.24, 2.45) is 0 Å². The van der Waals surface area contributed by atoms with Gasteiger partial charge in [0.25, 0.3) is 0 Å². The van der Waals surface area contributed by atoms with Crippen LogP contribution in [0.3, 0.4) is 0 Å². The maximum absolute atomic E-state index is 11.4. The third kappa shape index (κ3) is 3.36. The van der Waals surface area contributed by atoms with E-state index in [1.165, 1.54) is 12.1 Å². The highest BCUT2D eigenvalue weighted by molar-refractivity contribution is 6.34. The number of nitrogens with two attached hydrogens (primary N) is 1. The molecule has 0 bridgehead atoms. The first kappa shape index (κ1) is 16.7. The van der Waals surface area contributed by atoms with E-state index in [0.29, 0.717) is 27.5 Å². The van der Waals surface area contributed by atoms with Gasteiger partial charge in [-0.2, -0.15) is 0 Å². The number of halogens is 1. The Labute approximate surface area is 149 Å². The van der Waals surface area contributed by atoms with Crippen molar-refractivity contribution >= 4 is 34.6 Å². The number of phenolic OH excluding ortho intramolecular Hbond substituents is 1. The van der Waals surface area contributed by atoms with Crippen molar-refractivity contribution in [1.82, 2.24) is 0 Å². The van der Waals surface area contributed by atoms with E-state index in [-0.39, 0.29) is 17.0 Å². The number of carbonyl (C=O) groups is 1. The van der Waals surface area contributed by atoms with Crippen molar-refractivity contribution in [2.75, 3.05) is 11.1 Å². The number of benzene rings is 3. The fourth-order valence-corrected chi connectivity index (χ4v) is 2.84. The summed E-state index contributed by atoms with van der Waals surface area (Å²) >= 11 is 6.36. The first-order chi connectivity index (χ1) is 12.0. The molecule has 5 nitrogen and oxygen atoms in total. The summed E-state index contributed by atoms with van der Waals surface area (Å²) in [6, 6.07) is 16.7. The lowest BCUT2D eigenvalue weighted by Gasteiger charge is -2.16. The first-order valence-electron chi connectivity index (χ1n) is 7.44. The summed E-state index contributed by atoms with van der Waals surface area (Å²) in [6.07, 6.45) is 0. The number of carboxylic acids is 1. The summed E-state index contributed by atoms with van der Waals surface area (Å²) < 4.78 is 0. The van der Waals surface area contributed by atoms with Gasteiger partial charge in [0.1, 0.15) is 5.75 Å². The maximum Gasteiger partial charge on any atom is 0.337 e. The van der Waals surface area contributed by atoms with E-state index in [1.807, 2.05) is 0 Å². The van der Waals surface area contributed by atoms with Gasteiger partial charge in [-0.25, -0.2) is 4.79 Å². The van der Waals surface area contributed by atoms with E-state index in [1.54, 1.807) is 48.5 Å². The first-order valence-corrected chi connectivity index (χ1v) is 7.82. The van der Waals surface area contributed by atoms with Gasteiger partial charge in [0.15, 0.2) is 0 Å². The third-order valence-corrected chi connectivity index (χ3v) is 4.07. The summed E-state index contributed by atoms with van der Waals surface area (Å²) in [5.41, 5.74) is 8.61. The molecule has 3 rings (SSSR count). The lowest BCUT2D eigenvalue weighted by atomic mass is 10.0. The monoisotopic (exact) mass is 354 g/mol. The Morgan fingerprint density at radius 2 is 1.72 bits per heavy atom. The van der Waals surface area contributed by atoms with Crippen LogP contribution in [0.25, 0.3) is 11.1 Å². The molecule has 0 amide bonds. The van der Waals surface area contributed by atoms with Gasteiger partial charge in [-0.15, -0.1) is 0 Å². The summed E-state index contributed by atoms with van der Waals surface area (Å²) in [7, 11) is 0. The standard InChI is InChI=1S/C19H15ClN2O3/c20-13-5-3-7-16(18(13)11-8-9-17(23)14(21)10-11)22-15-6-2-1-4-12(15)19(24)25/h1-10,22-23H,21H2,(H,24,25). The fourth-order valence-electron chi connectivity index (χ4n) is 2.56. The zero-order valence-corrected chi connectivity index (χ0v) is 13.8. The fraction of sp³-hybridized carbons (Fsp3) is 0. The van der Waals surface area contributed by atoms with Crippen LogP contribution < -0.4 is 11.1 Å². The molecule has 3 aromatic carbocycles. The number of hydrogen-bond acceptors (Lipinski definition) is 4. The molecule has 0 aliphatic heterocycles. The molecule has 0 spiro atoms. The summed E-state index contributed by atoms with van der Waals surface area (Å²) in [5, 5.41) is 22.6. The van der Waals surface area contributed by atoms with E-state index < -0.39 is 5.97 Å². The quantitative estimate of drug-likeness (QED) is 0.401. The Kier molecular flexibility index (Phi) is 4.50. The van der Waals surface area contributed by atoms with Crippen LogP contribution in [0.15, 0.2) is 60.7 Å². The van der Waals surface area contributed by atoms with Gasteiger partial charge in [-0.05, 0) is 42.0 Å². The minimum Gasteiger partial charge on any atom is -0.506 e. The van der Waals surface area contributed by atoms with Gasteiger partial charge in [0, 0.05) is 11.3 Å². The summed E-state index contributed by atoms with van der Waals surface area (Å²) in [5.74, 6) is -1.04. The van der Waals surface area contributed by atoms with Crippen LogP contribution in [0.2, 0.25) is 5.02 Å². The van der Waals surface area contributed by atoms with E-state index in [2.05, 4.69) is 5.32 Å². The minimum absolute atomic E-state index is 0.0125. The van der Waals surface area contributed by atoms with Crippen molar-refractivity contribution in [2.45, 2.75) is 0 Å². The zero-order chi connectivity index (χ0) is 18.0. The summed E-state index contributed by atoms with van der Waals surface area (Å²) in [6.45, 7) is 0. The molecule has 0 fully saturated rings. The van der Waals surface area contributed by atoms with Gasteiger partial charge in [-0.1, -0.05) is 35.9 Å². The minimum atomic E-state index is -1.03. The number of phenols is 1. The average molecular weight is 355 g/mol. The number of aromatic carboxylic acids is 1. The van der Waals surface area contributed by atoms with Crippen LogP contribution >= 0.6 is 11.6 Å². The molecule has 0 saturated carbocycles. The zero-order valence-electron chi connectivity index (χ0n) is 13.0. The number of anilines is 3. The molecule has 3 aromatic rings. The molecular formula is C19H15ClN2O3. The van der Waals surface area contributed by atoms with Gasteiger partial charge in [0.05, 0.1) is 22.0 Å². The lowest BCUT2D eigenvalue weighted by Crippen LogP contribution is -2.03. The molecule has 0 aromatic heterocycles. The van der Waals surface area contributed by atoms with Crippen LogP contribution in [0, 0.1) is 0 Å². The molecule has 0 unspecified atom stereocenters. The number of carboxylic acid groups (broad SMARTS) is 1. The van der Waals surface area contributed by atoms with Crippen LogP contribution in [0.5, 0.6) is 5.75 Å². The van der Waals surface area contributed by atoms with E-state index in [4.69, 9.17) is 17.3 Å². The number of nitrogen functional groups attached to an aromatic ring is 1. The normalized spacial score (nSPS) is 10.4. The van der Waals surface area contributed by atoms with E-state index in [0.717, 1.165) is 0 Å². The second-order valence-electron chi connectivity index (χ2n) is 5.41. The Balaban J connectivity index is 2.11. The highest BCUT2D eigenvalue weighted by atomic mass is 35.5. The van der Waals surface area contributed by atoms with Crippen molar-refractivity contribution in [3.05, 3.63) is 71.2 Å². The molecule has 0 radical (unpaired) electrons. The number of nitrogens with one attached hydrogen (secondary N) is 1. The third-order valence-electron chi connectivity index (χ3n) is 3.76. The van der Waals surface area contributed by atoms with Gasteiger partial charge in [0.2, 0.25) is 0 Å². The Hall–Kier alpha value is -3.18. The van der Waals surface area contributed by atoms with Gasteiger partial charge < -0.3 is 21.3 Å². The van der Waals surface area contributed by atoms with Crippen LogP contribution in [0.1, 0.15) is 10.4 Å². The molecular weight excluding hydrogens is 340 g/mol. The molecule has 0 heterocycles. The molecule has 25 heavy (non-hydrogen) atoms. The van der Waals surface area contributed by atoms with Crippen molar-refractivity contribution in [1.29, 1.82) is 0 Å². The van der Waals surface area contributed by atoms with E-state index >= 15 is 0 Å². The Morgan fingerprint density at radius 1 is 1.00 bits per heavy atom. The number of aromatic hydroxyl groups is 1. The van der Waals surface area contributed by atoms with Crippen LogP contribution in [-0.2, 0) is 0 Å². The molecule has 126 valence electrons. The van der Waals surface area contributed by atoms with Crippen molar-refractivity contribution in [3.63, 3.8) is 0 Å². The molecule has 0 atom stereocenters. The molecule has 0 aliphatic rings.